The minimum Gasteiger partial charge on any atom is -0.479 e. The number of ether oxygens (including phenoxy) is 1. The van der Waals surface area contributed by atoms with Crippen LogP contribution in [0.15, 0.2) is 47.0 Å². The first kappa shape index (κ1) is 20.1. The van der Waals surface area contributed by atoms with Crippen molar-refractivity contribution in [2.24, 2.45) is 0 Å². The first-order valence-corrected chi connectivity index (χ1v) is 9.17. The Morgan fingerprint density at radius 2 is 2.10 bits per heavy atom. The van der Waals surface area contributed by atoms with Gasteiger partial charge in [-0.25, -0.2) is 0 Å². The summed E-state index contributed by atoms with van der Waals surface area (Å²) in [4.78, 5) is 22.8. The molecule has 2 heterocycles. The summed E-state index contributed by atoms with van der Waals surface area (Å²) in [6.45, 7) is 4.93. The topological polar surface area (TPSA) is 112 Å². The molecule has 0 saturated carbocycles. The van der Waals surface area contributed by atoms with Crippen LogP contribution >= 0.6 is 0 Å². The van der Waals surface area contributed by atoms with E-state index in [1.54, 1.807) is 37.4 Å². The highest BCUT2D eigenvalue weighted by molar-refractivity contribution is 5.91. The van der Waals surface area contributed by atoms with E-state index in [-0.39, 0.29) is 29.7 Å². The van der Waals surface area contributed by atoms with Crippen molar-refractivity contribution in [3.8, 4) is 5.75 Å². The number of nitrogens with one attached hydrogen (secondary N) is 1. The number of aryl methyl sites for hydroxylation is 3. The summed E-state index contributed by atoms with van der Waals surface area (Å²) in [5.41, 5.74) is 1.73. The van der Waals surface area contributed by atoms with Crippen LogP contribution in [0.2, 0.25) is 0 Å². The maximum atomic E-state index is 12.2. The number of carbonyl (C=O) groups excluding carboxylic acids is 1. The van der Waals surface area contributed by atoms with Gasteiger partial charge in [-0.3, -0.25) is 19.6 Å². The van der Waals surface area contributed by atoms with E-state index in [0.717, 1.165) is 17.7 Å². The molecule has 1 amide bonds. The lowest BCUT2D eigenvalue weighted by atomic mass is 10.2. The summed E-state index contributed by atoms with van der Waals surface area (Å²) in [7, 11) is 0. The highest BCUT2D eigenvalue weighted by Gasteiger charge is 2.16. The lowest BCUT2D eigenvalue weighted by molar-refractivity contribution is -0.386. The molecule has 0 fully saturated rings. The molecule has 0 aliphatic heterocycles. The molecule has 0 bridgehead atoms. The van der Waals surface area contributed by atoms with Gasteiger partial charge < -0.3 is 14.5 Å². The van der Waals surface area contributed by atoms with Crippen molar-refractivity contribution in [1.82, 2.24) is 15.1 Å². The van der Waals surface area contributed by atoms with E-state index in [1.165, 1.54) is 6.07 Å². The smallest absolute Gasteiger partial charge is 0.311 e. The molecule has 0 unspecified atom stereocenters. The zero-order valence-electron chi connectivity index (χ0n) is 16.3. The average Bonchev–Trinajstić information content (AvgIpc) is 3.33. The molecule has 29 heavy (non-hydrogen) atoms. The molecule has 1 aromatic carbocycles. The van der Waals surface area contributed by atoms with Crippen molar-refractivity contribution in [2.45, 2.75) is 33.4 Å². The Morgan fingerprint density at radius 1 is 1.28 bits per heavy atom. The molecule has 0 aliphatic rings. The van der Waals surface area contributed by atoms with Gasteiger partial charge in [-0.2, -0.15) is 5.10 Å². The highest BCUT2D eigenvalue weighted by atomic mass is 16.6. The number of rotatable bonds is 9. The van der Waals surface area contributed by atoms with Crippen molar-refractivity contribution < 1.29 is 18.9 Å². The van der Waals surface area contributed by atoms with Crippen LogP contribution < -0.4 is 10.1 Å². The van der Waals surface area contributed by atoms with Gasteiger partial charge in [-0.1, -0.05) is 6.07 Å². The second kappa shape index (κ2) is 9.05. The Kier molecular flexibility index (Phi) is 6.28. The summed E-state index contributed by atoms with van der Waals surface area (Å²) in [6.07, 6.45) is 2.48. The monoisotopic (exact) mass is 398 g/mol. The Balaban J connectivity index is 1.49. The van der Waals surface area contributed by atoms with Crippen molar-refractivity contribution >= 4 is 11.6 Å². The zero-order valence-corrected chi connectivity index (χ0v) is 16.3. The maximum Gasteiger partial charge on any atom is 0.311 e. The van der Waals surface area contributed by atoms with Crippen LogP contribution in [-0.2, 0) is 13.2 Å². The third-order valence-corrected chi connectivity index (χ3v) is 4.33. The standard InChI is InChI=1S/C20H22N4O5/c1-14-4-6-18(17(12-14)24(26)27)28-13-16-5-7-19(29-16)20(25)21-9-3-11-23-15(2)8-10-22-23/h4-8,10,12H,3,9,11,13H2,1-2H3,(H,21,25). The number of benzene rings is 1. The number of amides is 1. The number of hydrogen-bond donors (Lipinski definition) is 1. The van der Waals surface area contributed by atoms with Crippen LogP contribution in [0.3, 0.4) is 0 Å². The number of nitrogens with zero attached hydrogens (tertiary/aromatic N) is 3. The van der Waals surface area contributed by atoms with Crippen LogP contribution in [0.4, 0.5) is 5.69 Å². The summed E-state index contributed by atoms with van der Waals surface area (Å²) in [5.74, 6) is 0.390. The minimum absolute atomic E-state index is 0.0181. The molecule has 0 spiro atoms. The van der Waals surface area contributed by atoms with Gasteiger partial charge in [0.15, 0.2) is 11.5 Å². The van der Waals surface area contributed by atoms with E-state index < -0.39 is 4.92 Å². The summed E-state index contributed by atoms with van der Waals surface area (Å²) >= 11 is 0. The molecule has 0 atom stereocenters. The molecule has 1 N–H and O–H groups in total. The Morgan fingerprint density at radius 3 is 2.83 bits per heavy atom. The number of furan rings is 1. The first-order valence-electron chi connectivity index (χ1n) is 9.17. The van der Waals surface area contributed by atoms with E-state index in [4.69, 9.17) is 9.15 Å². The lowest BCUT2D eigenvalue weighted by Crippen LogP contribution is -2.25. The zero-order chi connectivity index (χ0) is 20.8. The maximum absolute atomic E-state index is 12.2. The van der Waals surface area contributed by atoms with Crippen LogP contribution in [0.1, 0.15) is 34.0 Å². The van der Waals surface area contributed by atoms with E-state index >= 15 is 0 Å². The Labute approximate surface area is 167 Å². The molecule has 9 nitrogen and oxygen atoms in total. The molecule has 152 valence electrons. The van der Waals surface area contributed by atoms with Crippen LogP contribution in [0.5, 0.6) is 5.75 Å². The Hall–Kier alpha value is -3.62. The summed E-state index contributed by atoms with van der Waals surface area (Å²) in [5, 5.41) is 18.1. The fourth-order valence-electron chi connectivity index (χ4n) is 2.77. The Bertz CT molecular complexity index is 1010. The van der Waals surface area contributed by atoms with Gasteiger partial charge in [-0.15, -0.1) is 0 Å². The van der Waals surface area contributed by atoms with Crippen LogP contribution in [0, 0.1) is 24.0 Å². The van der Waals surface area contributed by atoms with Gasteiger partial charge in [0.1, 0.15) is 12.4 Å². The highest BCUT2D eigenvalue weighted by Crippen LogP contribution is 2.28. The van der Waals surface area contributed by atoms with Gasteiger partial charge >= 0.3 is 5.69 Å². The van der Waals surface area contributed by atoms with Crippen molar-refractivity contribution in [1.29, 1.82) is 0 Å². The van der Waals surface area contributed by atoms with Crippen molar-refractivity contribution in [2.75, 3.05) is 6.54 Å². The van der Waals surface area contributed by atoms with Crippen molar-refractivity contribution in [3.63, 3.8) is 0 Å². The fraction of sp³-hybridized carbons (Fsp3) is 0.300. The van der Waals surface area contributed by atoms with Gasteiger partial charge in [-0.05, 0) is 50.1 Å². The molecular weight excluding hydrogens is 376 g/mol. The van der Waals surface area contributed by atoms with E-state index in [1.807, 2.05) is 17.7 Å². The molecule has 0 aliphatic carbocycles. The second-order valence-corrected chi connectivity index (χ2v) is 6.59. The summed E-state index contributed by atoms with van der Waals surface area (Å²) < 4.78 is 12.9. The van der Waals surface area contributed by atoms with E-state index in [0.29, 0.717) is 18.8 Å². The predicted octanol–water partition coefficient (Wildman–Crippen LogP) is 3.40. The third-order valence-electron chi connectivity index (χ3n) is 4.33. The van der Waals surface area contributed by atoms with Gasteiger partial charge in [0.2, 0.25) is 0 Å². The van der Waals surface area contributed by atoms with Crippen molar-refractivity contribution in [3.05, 3.63) is 75.5 Å². The first-order chi connectivity index (χ1) is 13.9. The molecule has 3 aromatic rings. The predicted molar refractivity (Wildman–Crippen MR) is 105 cm³/mol. The van der Waals surface area contributed by atoms with Gasteiger partial charge in [0, 0.05) is 31.0 Å². The van der Waals surface area contributed by atoms with Crippen LogP contribution in [0.25, 0.3) is 0 Å². The number of carbonyl (C=O) groups is 1. The normalized spacial score (nSPS) is 10.7. The molecule has 9 heteroatoms. The number of nitro groups is 1. The average molecular weight is 398 g/mol. The molecule has 2 aromatic heterocycles. The summed E-state index contributed by atoms with van der Waals surface area (Å²) in [6, 6.07) is 9.81. The molecule has 0 radical (unpaired) electrons. The fourth-order valence-corrected chi connectivity index (χ4v) is 2.77. The molecular formula is C20H22N4O5. The number of nitro benzene ring substituents is 1. The largest absolute Gasteiger partial charge is 0.479 e. The molecule has 3 rings (SSSR count). The second-order valence-electron chi connectivity index (χ2n) is 6.59. The minimum atomic E-state index is -0.492. The van der Waals surface area contributed by atoms with E-state index in [2.05, 4.69) is 10.4 Å². The number of hydrogen-bond acceptors (Lipinski definition) is 6. The number of aromatic nitrogens is 2. The lowest BCUT2D eigenvalue weighted by Gasteiger charge is -2.06. The molecule has 0 saturated heterocycles. The third kappa shape index (κ3) is 5.22. The van der Waals surface area contributed by atoms with Gasteiger partial charge in [0.25, 0.3) is 5.91 Å². The van der Waals surface area contributed by atoms with E-state index in [9.17, 15) is 14.9 Å². The SMILES string of the molecule is Cc1ccc(OCc2ccc(C(=O)NCCCn3nccc3C)o2)c([N+](=O)[O-])c1. The van der Waals surface area contributed by atoms with Crippen LogP contribution in [-0.4, -0.2) is 27.2 Å². The van der Waals surface area contributed by atoms with Gasteiger partial charge in [0.05, 0.1) is 4.92 Å². The quantitative estimate of drug-likeness (QED) is 0.336.